The summed E-state index contributed by atoms with van der Waals surface area (Å²) in [5.41, 5.74) is 7.85. The molecule has 0 atom stereocenters. The van der Waals surface area contributed by atoms with Crippen LogP contribution in [0.3, 0.4) is 0 Å². The van der Waals surface area contributed by atoms with Crippen molar-refractivity contribution in [3.05, 3.63) is 23.8 Å². The van der Waals surface area contributed by atoms with Gasteiger partial charge in [-0.3, -0.25) is 4.90 Å². The second-order valence-electron chi connectivity index (χ2n) is 6.00. The molecule has 0 heterocycles. The first kappa shape index (κ1) is 16.8. The molecule has 20 heavy (non-hydrogen) atoms. The molecule has 1 rings (SSSR count). The Hall–Kier alpha value is -1.26. The van der Waals surface area contributed by atoms with Crippen LogP contribution in [-0.4, -0.2) is 50.6 Å². The number of nitrogen functional groups attached to an aromatic ring is 1. The number of methoxy groups -OCH3 is 1. The molecule has 1 aromatic rings. The Balaban J connectivity index is 2.79. The van der Waals surface area contributed by atoms with Crippen LogP contribution in [-0.2, 0) is 6.54 Å². The van der Waals surface area contributed by atoms with Crippen LogP contribution < -0.4 is 10.5 Å². The predicted octanol–water partition coefficient (Wildman–Crippen LogP) is 2.30. The molecule has 0 amide bonds. The van der Waals surface area contributed by atoms with Gasteiger partial charge in [0, 0.05) is 37.4 Å². The van der Waals surface area contributed by atoms with Crippen molar-refractivity contribution < 1.29 is 4.74 Å². The molecular weight excluding hydrogens is 250 g/mol. The van der Waals surface area contributed by atoms with Crippen LogP contribution in [0.2, 0.25) is 0 Å². The van der Waals surface area contributed by atoms with Gasteiger partial charge in [-0.15, -0.1) is 0 Å². The highest BCUT2D eigenvalue weighted by molar-refractivity contribution is 5.47. The molecule has 0 unspecified atom stereocenters. The number of benzene rings is 1. The van der Waals surface area contributed by atoms with Crippen molar-refractivity contribution >= 4 is 5.69 Å². The molecule has 0 bridgehead atoms. The normalized spacial score (nSPS) is 11.6. The van der Waals surface area contributed by atoms with Gasteiger partial charge in [0.2, 0.25) is 0 Å². The molecular formula is C16H29N3O. The summed E-state index contributed by atoms with van der Waals surface area (Å²) in [5, 5.41) is 0. The van der Waals surface area contributed by atoms with E-state index in [1.54, 1.807) is 7.11 Å². The van der Waals surface area contributed by atoms with Crippen molar-refractivity contribution in [2.75, 3.05) is 46.6 Å². The van der Waals surface area contributed by atoms with Crippen LogP contribution in [0.5, 0.6) is 5.75 Å². The maximum atomic E-state index is 5.90. The number of ether oxygens (including phenoxy) is 1. The van der Waals surface area contributed by atoms with E-state index in [-0.39, 0.29) is 0 Å². The van der Waals surface area contributed by atoms with Gasteiger partial charge in [-0.2, -0.15) is 0 Å². The van der Waals surface area contributed by atoms with Gasteiger partial charge < -0.3 is 15.4 Å². The molecule has 4 heteroatoms. The van der Waals surface area contributed by atoms with Gasteiger partial charge in [0.05, 0.1) is 7.11 Å². The van der Waals surface area contributed by atoms with E-state index in [1.807, 2.05) is 18.2 Å². The van der Waals surface area contributed by atoms with Gasteiger partial charge >= 0.3 is 0 Å². The molecule has 0 aliphatic rings. The maximum Gasteiger partial charge on any atom is 0.123 e. The quantitative estimate of drug-likeness (QED) is 0.741. The summed E-state index contributed by atoms with van der Waals surface area (Å²) < 4.78 is 5.44. The van der Waals surface area contributed by atoms with Crippen molar-refractivity contribution in [2.45, 2.75) is 20.4 Å². The Labute approximate surface area is 123 Å². The van der Waals surface area contributed by atoms with E-state index in [4.69, 9.17) is 10.5 Å². The van der Waals surface area contributed by atoms with Gasteiger partial charge in [-0.05, 0) is 38.2 Å². The van der Waals surface area contributed by atoms with E-state index in [9.17, 15) is 0 Å². The molecule has 114 valence electrons. The second-order valence-corrected chi connectivity index (χ2v) is 6.00. The maximum absolute atomic E-state index is 5.90. The van der Waals surface area contributed by atoms with Gasteiger partial charge in [0.15, 0.2) is 0 Å². The van der Waals surface area contributed by atoms with Crippen LogP contribution in [0.4, 0.5) is 5.69 Å². The first-order chi connectivity index (χ1) is 9.42. The summed E-state index contributed by atoms with van der Waals surface area (Å²) in [6.45, 7) is 8.55. The minimum Gasteiger partial charge on any atom is -0.496 e. The summed E-state index contributed by atoms with van der Waals surface area (Å²) in [5.74, 6) is 1.56. The van der Waals surface area contributed by atoms with E-state index in [0.717, 1.165) is 43.2 Å². The number of nitrogens with two attached hydrogens (primary N) is 1. The molecule has 0 spiro atoms. The molecule has 1 aromatic carbocycles. The van der Waals surface area contributed by atoms with Crippen LogP contribution in [0.1, 0.15) is 19.4 Å². The first-order valence-corrected chi connectivity index (χ1v) is 7.21. The molecule has 0 radical (unpaired) electrons. The first-order valence-electron chi connectivity index (χ1n) is 7.21. The zero-order valence-electron chi connectivity index (χ0n) is 13.5. The third-order valence-electron chi connectivity index (χ3n) is 3.19. The third-order valence-corrected chi connectivity index (χ3v) is 3.19. The molecule has 0 aliphatic carbocycles. The zero-order valence-corrected chi connectivity index (χ0v) is 13.5. The Morgan fingerprint density at radius 2 is 1.90 bits per heavy atom. The minimum atomic E-state index is 0.643. The standard InChI is InChI=1S/C16H29N3O/c1-13(2)11-19(9-8-18(3)4)12-14-10-15(17)6-7-16(14)20-5/h6-7,10,13H,8-9,11-12,17H2,1-5H3. The molecule has 2 N–H and O–H groups in total. The Bertz CT molecular complexity index is 405. The number of hydrogen-bond acceptors (Lipinski definition) is 4. The molecule has 0 aliphatic heterocycles. The summed E-state index contributed by atoms with van der Waals surface area (Å²) >= 11 is 0. The van der Waals surface area contributed by atoms with Crippen molar-refractivity contribution in [1.29, 1.82) is 0 Å². The number of likely N-dealkylation sites (N-methyl/N-ethyl adjacent to an activating group) is 1. The van der Waals surface area contributed by atoms with Gasteiger partial charge in [-0.1, -0.05) is 13.8 Å². The lowest BCUT2D eigenvalue weighted by molar-refractivity contribution is 0.209. The fourth-order valence-corrected chi connectivity index (χ4v) is 2.26. The predicted molar refractivity (Wildman–Crippen MR) is 86.1 cm³/mol. The Kier molecular flexibility index (Phi) is 6.82. The topological polar surface area (TPSA) is 41.7 Å². The van der Waals surface area contributed by atoms with E-state index in [0.29, 0.717) is 5.92 Å². The lowest BCUT2D eigenvalue weighted by atomic mass is 10.1. The zero-order chi connectivity index (χ0) is 15.1. The summed E-state index contributed by atoms with van der Waals surface area (Å²) in [4.78, 5) is 4.67. The van der Waals surface area contributed by atoms with Crippen molar-refractivity contribution in [3.8, 4) is 5.75 Å². The number of nitrogens with zero attached hydrogens (tertiary/aromatic N) is 2. The van der Waals surface area contributed by atoms with Crippen LogP contribution in [0.25, 0.3) is 0 Å². The highest BCUT2D eigenvalue weighted by Gasteiger charge is 2.12. The van der Waals surface area contributed by atoms with Crippen molar-refractivity contribution in [2.24, 2.45) is 5.92 Å². The van der Waals surface area contributed by atoms with E-state index in [1.165, 1.54) is 0 Å². The van der Waals surface area contributed by atoms with E-state index >= 15 is 0 Å². The highest BCUT2D eigenvalue weighted by Crippen LogP contribution is 2.23. The largest absolute Gasteiger partial charge is 0.496 e. The summed E-state index contributed by atoms with van der Waals surface area (Å²) in [6.07, 6.45) is 0. The fourth-order valence-electron chi connectivity index (χ4n) is 2.26. The number of rotatable bonds is 8. The SMILES string of the molecule is COc1ccc(N)cc1CN(CCN(C)C)CC(C)C. The molecule has 0 fully saturated rings. The van der Waals surface area contributed by atoms with Crippen LogP contribution in [0, 0.1) is 5.92 Å². The summed E-state index contributed by atoms with van der Waals surface area (Å²) in [6, 6.07) is 5.85. The van der Waals surface area contributed by atoms with Gasteiger partial charge in [0.1, 0.15) is 5.75 Å². The second kappa shape index (κ2) is 8.12. The number of anilines is 1. The molecule has 0 saturated carbocycles. The van der Waals surface area contributed by atoms with Crippen LogP contribution >= 0.6 is 0 Å². The van der Waals surface area contributed by atoms with E-state index in [2.05, 4.69) is 37.7 Å². The fraction of sp³-hybridized carbons (Fsp3) is 0.625. The Morgan fingerprint density at radius 3 is 2.45 bits per heavy atom. The number of hydrogen-bond donors (Lipinski definition) is 1. The smallest absolute Gasteiger partial charge is 0.123 e. The summed E-state index contributed by atoms with van der Waals surface area (Å²) in [7, 11) is 5.92. The lowest BCUT2D eigenvalue weighted by Gasteiger charge is -2.26. The monoisotopic (exact) mass is 279 g/mol. The molecule has 0 aromatic heterocycles. The van der Waals surface area contributed by atoms with Gasteiger partial charge in [0.25, 0.3) is 0 Å². The highest BCUT2D eigenvalue weighted by atomic mass is 16.5. The van der Waals surface area contributed by atoms with Crippen LogP contribution in [0.15, 0.2) is 18.2 Å². The Morgan fingerprint density at radius 1 is 1.20 bits per heavy atom. The molecule has 0 saturated heterocycles. The van der Waals surface area contributed by atoms with Crippen molar-refractivity contribution in [1.82, 2.24) is 9.80 Å². The average Bonchev–Trinajstić information content (AvgIpc) is 2.35. The average molecular weight is 279 g/mol. The van der Waals surface area contributed by atoms with Crippen molar-refractivity contribution in [3.63, 3.8) is 0 Å². The van der Waals surface area contributed by atoms with E-state index < -0.39 is 0 Å². The molecule has 4 nitrogen and oxygen atoms in total. The van der Waals surface area contributed by atoms with Gasteiger partial charge in [-0.25, -0.2) is 0 Å². The lowest BCUT2D eigenvalue weighted by Crippen LogP contribution is -2.34. The third kappa shape index (κ3) is 5.80. The minimum absolute atomic E-state index is 0.643.